The highest BCUT2D eigenvalue weighted by Crippen LogP contribution is 2.25. The molecule has 1 amide bonds. The minimum absolute atomic E-state index is 0.100. The van der Waals surface area contributed by atoms with Gasteiger partial charge in [0.1, 0.15) is 5.82 Å². The van der Waals surface area contributed by atoms with Crippen molar-refractivity contribution in [2.45, 2.75) is 26.3 Å². The molecule has 7 nitrogen and oxygen atoms in total. The van der Waals surface area contributed by atoms with Crippen molar-refractivity contribution in [1.82, 2.24) is 15.3 Å². The van der Waals surface area contributed by atoms with Gasteiger partial charge in [-0.1, -0.05) is 18.2 Å². The van der Waals surface area contributed by atoms with Gasteiger partial charge in [-0.15, -0.1) is 0 Å². The summed E-state index contributed by atoms with van der Waals surface area (Å²) in [5.41, 5.74) is 4.05. The predicted octanol–water partition coefficient (Wildman–Crippen LogP) is 3.55. The van der Waals surface area contributed by atoms with E-state index in [1.807, 2.05) is 43.3 Å². The van der Waals surface area contributed by atoms with Crippen molar-refractivity contribution >= 4 is 34.3 Å². The number of rotatable bonds is 6. The van der Waals surface area contributed by atoms with Gasteiger partial charge in [0.25, 0.3) is 0 Å². The summed E-state index contributed by atoms with van der Waals surface area (Å²) in [4.78, 5) is 23.7. The molecule has 162 valence electrons. The van der Waals surface area contributed by atoms with Crippen LogP contribution in [0.3, 0.4) is 0 Å². The Balaban J connectivity index is 1.44. The van der Waals surface area contributed by atoms with Gasteiger partial charge in [-0.25, -0.2) is 4.98 Å². The molecule has 7 heteroatoms. The highest BCUT2D eigenvalue weighted by Gasteiger charge is 2.20. The Labute approximate surface area is 183 Å². The first-order valence-electron chi connectivity index (χ1n) is 10.8. The summed E-state index contributed by atoms with van der Waals surface area (Å²) in [5, 5.41) is 10.8. The number of piperidine rings is 1. The van der Waals surface area contributed by atoms with E-state index in [0.29, 0.717) is 12.5 Å². The predicted molar refractivity (Wildman–Crippen MR) is 127 cm³/mol. The molecule has 1 fully saturated rings. The number of benzene rings is 2. The lowest BCUT2D eigenvalue weighted by molar-refractivity contribution is -0.120. The molecule has 3 N–H and O–H groups in total. The Morgan fingerprint density at radius 3 is 2.55 bits per heavy atom. The largest absolute Gasteiger partial charge is 0.365 e. The van der Waals surface area contributed by atoms with E-state index in [9.17, 15) is 4.79 Å². The molecule has 4 rings (SSSR count). The van der Waals surface area contributed by atoms with Gasteiger partial charge in [-0.05, 0) is 68.2 Å². The molecule has 31 heavy (non-hydrogen) atoms. The number of fused-ring (bicyclic) bond motifs is 1. The number of nitrogens with one attached hydrogen (secondary N) is 3. The highest BCUT2D eigenvalue weighted by atomic mass is 16.1. The van der Waals surface area contributed by atoms with Gasteiger partial charge >= 0.3 is 0 Å². The average molecular weight is 419 g/mol. The van der Waals surface area contributed by atoms with Crippen molar-refractivity contribution in [3.8, 4) is 0 Å². The minimum Gasteiger partial charge on any atom is -0.365 e. The molecule has 2 heterocycles. The van der Waals surface area contributed by atoms with E-state index in [1.165, 1.54) is 5.56 Å². The summed E-state index contributed by atoms with van der Waals surface area (Å²) in [6, 6.07) is 14.2. The minimum atomic E-state index is 0.100. The van der Waals surface area contributed by atoms with Crippen LogP contribution in [0.15, 0.2) is 42.5 Å². The molecule has 1 saturated heterocycles. The molecule has 2 aromatic carbocycles. The molecule has 0 spiro atoms. The number of hydrogen-bond acceptors (Lipinski definition) is 6. The van der Waals surface area contributed by atoms with Crippen molar-refractivity contribution in [1.29, 1.82) is 0 Å². The quantitative estimate of drug-likeness (QED) is 0.568. The van der Waals surface area contributed by atoms with Crippen LogP contribution in [0.25, 0.3) is 10.9 Å². The van der Waals surface area contributed by atoms with Gasteiger partial charge in [0.2, 0.25) is 11.9 Å². The average Bonchev–Trinajstić information content (AvgIpc) is 2.78. The van der Waals surface area contributed by atoms with E-state index in [2.05, 4.69) is 46.1 Å². The number of nitrogens with zero attached hydrogens (tertiary/aromatic N) is 3. The molecule has 0 unspecified atom stereocenters. The smallest absolute Gasteiger partial charge is 0.227 e. The SMILES string of the molecule is Cc1ccc2c(NCc3ccc(NC(=O)C4CCNCC4)cc3)nc(N(C)C)nc2c1. The van der Waals surface area contributed by atoms with Crippen LogP contribution in [-0.4, -0.2) is 43.1 Å². The first kappa shape index (κ1) is 21.1. The number of anilines is 3. The number of amides is 1. The summed E-state index contributed by atoms with van der Waals surface area (Å²) in [6.45, 7) is 4.52. The Hall–Kier alpha value is -3.19. The van der Waals surface area contributed by atoms with Crippen LogP contribution in [0.5, 0.6) is 0 Å². The van der Waals surface area contributed by atoms with Crippen molar-refractivity contribution in [2.75, 3.05) is 42.7 Å². The van der Waals surface area contributed by atoms with Gasteiger partial charge in [-0.3, -0.25) is 4.79 Å². The molecular formula is C24H30N6O. The number of hydrogen-bond donors (Lipinski definition) is 3. The molecule has 1 aromatic heterocycles. The summed E-state index contributed by atoms with van der Waals surface area (Å²) in [7, 11) is 3.88. The van der Waals surface area contributed by atoms with Gasteiger partial charge < -0.3 is 20.9 Å². The molecule has 1 aliphatic rings. The third-order valence-corrected chi connectivity index (χ3v) is 5.63. The van der Waals surface area contributed by atoms with E-state index < -0.39 is 0 Å². The van der Waals surface area contributed by atoms with E-state index in [0.717, 1.165) is 53.9 Å². The number of carbonyl (C=O) groups is 1. The maximum atomic E-state index is 12.4. The summed E-state index contributed by atoms with van der Waals surface area (Å²) in [5.74, 6) is 1.71. The molecule has 3 aromatic rings. The lowest BCUT2D eigenvalue weighted by atomic mass is 9.97. The standard InChI is InChI=1S/C24H30N6O/c1-16-4-9-20-21(14-16)28-24(30(2)3)29-22(20)26-15-17-5-7-19(8-6-17)27-23(31)18-10-12-25-13-11-18/h4-9,14,18,25H,10-13,15H2,1-3H3,(H,27,31)(H,26,28,29). The zero-order valence-electron chi connectivity index (χ0n) is 18.4. The van der Waals surface area contributed by atoms with Crippen molar-refractivity contribution in [3.63, 3.8) is 0 Å². The van der Waals surface area contributed by atoms with Crippen LogP contribution in [0.4, 0.5) is 17.5 Å². The second-order valence-electron chi connectivity index (χ2n) is 8.35. The molecule has 1 aliphatic heterocycles. The van der Waals surface area contributed by atoms with Crippen molar-refractivity contribution in [3.05, 3.63) is 53.6 Å². The van der Waals surface area contributed by atoms with Crippen LogP contribution in [0.1, 0.15) is 24.0 Å². The third kappa shape index (κ3) is 5.11. The van der Waals surface area contributed by atoms with E-state index in [4.69, 9.17) is 4.98 Å². The Kier molecular flexibility index (Phi) is 6.32. The normalized spacial score (nSPS) is 14.4. The molecular weight excluding hydrogens is 388 g/mol. The van der Waals surface area contributed by atoms with Gasteiger partial charge in [-0.2, -0.15) is 4.98 Å². The molecule has 0 atom stereocenters. The number of aryl methyl sites for hydroxylation is 1. The number of aromatic nitrogens is 2. The van der Waals surface area contributed by atoms with E-state index in [1.54, 1.807) is 0 Å². The molecule has 0 radical (unpaired) electrons. The second kappa shape index (κ2) is 9.31. The number of carbonyl (C=O) groups excluding carboxylic acids is 1. The van der Waals surface area contributed by atoms with Gasteiger partial charge in [0.05, 0.1) is 5.52 Å². The fourth-order valence-corrected chi connectivity index (χ4v) is 3.78. The van der Waals surface area contributed by atoms with Crippen LogP contribution in [0, 0.1) is 12.8 Å². The van der Waals surface area contributed by atoms with Crippen LogP contribution in [0.2, 0.25) is 0 Å². The Morgan fingerprint density at radius 1 is 1.10 bits per heavy atom. The molecule has 0 aliphatic carbocycles. The monoisotopic (exact) mass is 418 g/mol. The molecule has 0 bridgehead atoms. The van der Waals surface area contributed by atoms with Crippen LogP contribution < -0.4 is 20.9 Å². The van der Waals surface area contributed by atoms with Crippen molar-refractivity contribution < 1.29 is 4.79 Å². The highest BCUT2D eigenvalue weighted by molar-refractivity contribution is 5.92. The zero-order chi connectivity index (χ0) is 21.8. The first-order valence-corrected chi connectivity index (χ1v) is 10.8. The van der Waals surface area contributed by atoms with E-state index >= 15 is 0 Å². The third-order valence-electron chi connectivity index (χ3n) is 5.63. The van der Waals surface area contributed by atoms with Crippen LogP contribution >= 0.6 is 0 Å². The lowest BCUT2D eigenvalue weighted by Gasteiger charge is -2.21. The maximum Gasteiger partial charge on any atom is 0.227 e. The van der Waals surface area contributed by atoms with Crippen LogP contribution in [-0.2, 0) is 11.3 Å². The fraction of sp³-hybridized carbons (Fsp3) is 0.375. The Morgan fingerprint density at radius 2 is 1.84 bits per heavy atom. The van der Waals surface area contributed by atoms with Gasteiger partial charge in [0.15, 0.2) is 0 Å². The Bertz CT molecular complexity index is 1060. The second-order valence-corrected chi connectivity index (χ2v) is 8.35. The van der Waals surface area contributed by atoms with Crippen molar-refractivity contribution in [2.24, 2.45) is 5.92 Å². The topological polar surface area (TPSA) is 82.2 Å². The maximum absolute atomic E-state index is 12.4. The van der Waals surface area contributed by atoms with Gasteiger partial charge in [0, 0.05) is 37.6 Å². The first-order chi connectivity index (χ1) is 15.0. The lowest BCUT2D eigenvalue weighted by Crippen LogP contribution is -2.34. The summed E-state index contributed by atoms with van der Waals surface area (Å²) < 4.78 is 0. The zero-order valence-corrected chi connectivity index (χ0v) is 18.4. The summed E-state index contributed by atoms with van der Waals surface area (Å²) >= 11 is 0. The van der Waals surface area contributed by atoms with E-state index in [-0.39, 0.29) is 11.8 Å². The summed E-state index contributed by atoms with van der Waals surface area (Å²) in [6.07, 6.45) is 1.80. The molecule has 0 saturated carbocycles. The fourth-order valence-electron chi connectivity index (χ4n) is 3.78.